The smallest absolute Gasteiger partial charge is 0.231 e. The van der Waals surface area contributed by atoms with E-state index >= 15 is 0 Å². The lowest BCUT2D eigenvalue weighted by Crippen LogP contribution is -2.33. The first kappa shape index (κ1) is 14.2. The average Bonchev–Trinajstić information content (AvgIpc) is 2.72. The molecule has 0 saturated heterocycles. The van der Waals surface area contributed by atoms with Crippen LogP contribution >= 0.6 is 12.6 Å². The summed E-state index contributed by atoms with van der Waals surface area (Å²) in [6, 6.07) is 16.1. The molecular formula is C18H19NOS. The Kier molecular flexibility index (Phi) is 4.30. The Morgan fingerprint density at radius 1 is 1.05 bits per heavy atom. The van der Waals surface area contributed by atoms with Crippen LogP contribution < -0.4 is 4.90 Å². The number of carbonyl (C=O) groups excluding carboxylic acids is 1. The lowest BCUT2D eigenvalue weighted by Gasteiger charge is -2.23. The molecule has 0 aromatic heterocycles. The zero-order valence-corrected chi connectivity index (χ0v) is 12.9. The summed E-state index contributed by atoms with van der Waals surface area (Å²) in [5, 5.41) is 0. The minimum atomic E-state index is 0.177. The summed E-state index contributed by atoms with van der Waals surface area (Å²) in [7, 11) is 0. The van der Waals surface area contributed by atoms with Crippen molar-refractivity contribution in [3.05, 3.63) is 59.7 Å². The Hall–Kier alpha value is -1.74. The quantitative estimate of drug-likeness (QED) is 0.834. The number of fused-ring (bicyclic) bond motifs is 1. The van der Waals surface area contributed by atoms with Gasteiger partial charge in [-0.05, 0) is 48.6 Å². The lowest BCUT2D eigenvalue weighted by molar-refractivity contribution is -0.118. The van der Waals surface area contributed by atoms with Gasteiger partial charge in [-0.25, -0.2) is 0 Å². The zero-order valence-electron chi connectivity index (χ0n) is 12.0. The van der Waals surface area contributed by atoms with Crippen LogP contribution in [0.5, 0.6) is 0 Å². The van der Waals surface area contributed by atoms with Crippen LogP contribution in [0.2, 0.25) is 0 Å². The van der Waals surface area contributed by atoms with E-state index in [1.807, 2.05) is 35.2 Å². The summed E-state index contributed by atoms with van der Waals surface area (Å²) >= 11 is 4.28. The number of benzene rings is 2. The monoisotopic (exact) mass is 297 g/mol. The molecule has 3 rings (SSSR count). The lowest BCUT2D eigenvalue weighted by atomic mass is 10.1. The van der Waals surface area contributed by atoms with Gasteiger partial charge in [-0.2, -0.15) is 0 Å². The first-order valence-electron chi connectivity index (χ1n) is 7.40. The van der Waals surface area contributed by atoms with E-state index in [1.165, 1.54) is 5.56 Å². The van der Waals surface area contributed by atoms with E-state index in [0.717, 1.165) is 42.0 Å². The van der Waals surface area contributed by atoms with Gasteiger partial charge in [0.2, 0.25) is 5.91 Å². The van der Waals surface area contributed by atoms with Crippen LogP contribution in [-0.2, 0) is 17.6 Å². The van der Waals surface area contributed by atoms with E-state index in [4.69, 9.17) is 0 Å². The highest BCUT2D eigenvalue weighted by atomic mass is 32.1. The summed E-state index contributed by atoms with van der Waals surface area (Å²) in [6.45, 7) is 0.820. The number of nitrogens with zero attached hydrogens (tertiary/aromatic N) is 1. The van der Waals surface area contributed by atoms with E-state index in [2.05, 4.69) is 30.8 Å². The SMILES string of the molecule is O=C(Cc1ccc(S)cc1)N1CCCCc2ccccc21. The summed E-state index contributed by atoms with van der Waals surface area (Å²) in [5.41, 5.74) is 3.42. The Morgan fingerprint density at radius 2 is 1.81 bits per heavy atom. The van der Waals surface area contributed by atoms with E-state index < -0.39 is 0 Å². The number of amides is 1. The highest BCUT2D eigenvalue weighted by Gasteiger charge is 2.20. The fraction of sp³-hybridized carbons (Fsp3) is 0.278. The summed E-state index contributed by atoms with van der Waals surface area (Å²) < 4.78 is 0. The number of rotatable bonds is 2. The van der Waals surface area contributed by atoms with Gasteiger partial charge >= 0.3 is 0 Å². The minimum absolute atomic E-state index is 0.177. The molecule has 0 N–H and O–H groups in total. The number of hydrogen-bond acceptors (Lipinski definition) is 2. The second kappa shape index (κ2) is 6.35. The van der Waals surface area contributed by atoms with Crippen LogP contribution in [0.3, 0.4) is 0 Å². The molecule has 21 heavy (non-hydrogen) atoms. The van der Waals surface area contributed by atoms with Crippen molar-refractivity contribution >= 4 is 24.2 Å². The summed E-state index contributed by atoms with van der Waals surface area (Å²) in [6.07, 6.45) is 3.72. The van der Waals surface area contributed by atoms with E-state index in [-0.39, 0.29) is 5.91 Å². The molecule has 1 aliphatic heterocycles. The molecular weight excluding hydrogens is 278 g/mol. The second-order valence-electron chi connectivity index (χ2n) is 5.47. The highest BCUT2D eigenvalue weighted by Crippen LogP contribution is 2.26. The predicted molar refractivity (Wildman–Crippen MR) is 89.1 cm³/mol. The second-order valence-corrected chi connectivity index (χ2v) is 5.99. The Labute approximate surface area is 131 Å². The molecule has 0 radical (unpaired) electrons. The number of aryl methyl sites for hydroxylation is 1. The van der Waals surface area contributed by atoms with Crippen LogP contribution in [0.15, 0.2) is 53.4 Å². The molecule has 2 aromatic rings. The number of para-hydroxylation sites is 1. The topological polar surface area (TPSA) is 20.3 Å². The normalized spacial score (nSPS) is 14.4. The third-order valence-corrected chi connectivity index (χ3v) is 4.25. The highest BCUT2D eigenvalue weighted by molar-refractivity contribution is 7.80. The van der Waals surface area contributed by atoms with Gasteiger partial charge in [0.05, 0.1) is 6.42 Å². The van der Waals surface area contributed by atoms with Gasteiger partial charge in [-0.1, -0.05) is 30.3 Å². The van der Waals surface area contributed by atoms with Crippen molar-refractivity contribution in [2.45, 2.75) is 30.6 Å². The van der Waals surface area contributed by atoms with Gasteiger partial charge in [-0.15, -0.1) is 12.6 Å². The van der Waals surface area contributed by atoms with Gasteiger partial charge in [0.1, 0.15) is 0 Å². The van der Waals surface area contributed by atoms with E-state index in [1.54, 1.807) is 0 Å². The molecule has 1 aliphatic rings. The van der Waals surface area contributed by atoms with E-state index in [0.29, 0.717) is 6.42 Å². The van der Waals surface area contributed by atoms with Crippen molar-refractivity contribution in [1.29, 1.82) is 0 Å². The summed E-state index contributed by atoms with van der Waals surface area (Å²) in [4.78, 5) is 15.6. The predicted octanol–water partition coefficient (Wildman–Crippen LogP) is 3.89. The van der Waals surface area contributed by atoms with E-state index in [9.17, 15) is 4.79 Å². The van der Waals surface area contributed by atoms with Crippen molar-refractivity contribution in [2.75, 3.05) is 11.4 Å². The van der Waals surface area contributed by atoms with Crippen LogP contribution in [0.1, 0.15) is 24.0 Å². The van der Waals surface area contributed by atoms with Crippen LogP contribution in [0.25, 0.3) is 0 Å². The third kappa shape index (κ3) is 3.30. The van der Waals surface area contributed by atoms with Gasteiger partial charge in [0, 0.05) is 17.1 Å². The van der Waals surface area contributed by atoms with Crippen molar-refractivity contribution in [2.24, 2.45) is 0 Å². The van der Waals surface area contributed by atoms with Gasteiger partial charge in [0.15, 0.2) is 0 Å². The fourth-order valence-corrected chi connectivity index (χ4v) is 2.98. The third-order valence-electron chi connectivity index (χ3n) is 3.95. The van der Waals surface area contributed by atoms with Gasteiger partial charge < -0.3 is 4.90 Å². The number of thiol groups is 1. The fourth-order valence-electron chi connectivity index (χ4n) is 2.83. The van der Waals surface area contributed by atoms with Crippen molar-refractivity contribution in [3.8, 4) is 0 Å². The van der Waals surface area contributed by atoms with Gasteiger partial charge in [-0.3, -0.25) is 4.79 Å². The molecule has 3 heteroatoms. The first-order chi connectivity index (χ1) is 10.2. The molecule has 108 valence electrons. The molecule has 0 spiro atoms. The molecule has 0 unspecified atom stereocenters. The Morgan fingerprint density at radius 3 is 2.62 bits per heavy atom. The van der Waals surface area contributed by atoms with Crippen LogP contribution in [0.4, 0.5) is 5.69 Å². The number of anilines is 1. The molecule has 1 heterocycles. The molecule has 0 saturated carbocycles. The molecule has 0 fully saturated rings. The van der Waals surface area contributed by atoms with Crippen molar-refractivity contribution in [1.82, 2.24) is 0 Å². The number of carbonyl (C=O) groups is 1. The summed E-state index contributed by atoms with van der Waals surface area (Å²) in [5.74, 6) is 0.177. The van der Waals surface area contributed by atoms with Crippen molar-refractivity contribution in [3.63, 3.8) is 0 Å². The Balaban J connectivity index is 1.82. The molecule has 2 nitrogen and oxygen atoms in total. The molecule has 1 amide bonds. The maximum atomic E-state index is 12.7. The standard InChI is InChI=1S/C18H19NOS/c20-18(13-14-8-10-16(21)11-9-14)19-12-4-3-6-15-5-1-2-7-17(15)19/h1-2,5,7-11,21H,3-4,6,12-13H2. The maximum absolute atomic E-state index is 12.7. The number of hydrogen-bond donors (Lipinski definition) is 1. The molecule has 0 atom stereocenters. The maximum Gasteiger partial charge on any atom is 0.231 e. The van der Waals surface area contributed by atoms with Crippen LogP contribution in [-0.4, -0.2) is 12.5 Å². The molecule has 2 aromatic carbocycles. The molecule has 0 aliphatic carbocycles. The Bertz CT molecular complexity index is 636. The van der Waals surface area contributed by atoms with Gasteiger partial charge in [0.25, 0.3) is 0 Å². The average molecular weight is 297 g/mol. The first-order valence-corrected chi connectivity index (χ1v) is 7.85. The minimum Gasteiger partial charge on any atom is -0.312 e. The van der Waals surface area contributed by atoms with Crippen LogP contribution in [0, 0.1) is 0 Å². The zero-order chi connectivity index (χ0) is 14.7. The largest absolute Gasteiger partial charge is 0.312 e. The van der Waals surface area contributed by atoms with Crippen molar-refractivity contribution < 1.29 is 4.79 Å². The molecule has 0 bridgehead atoms.